The first-order valence-corrected chi connectivity index (χ1v) is 11.9. The van der Waals surface area contributed by atoms with E-state index in [2.05, 4.69) is 20.7 Å². The van der Waals surface area contributed by atoms with Crippen LogP contribution in [0.25, 0.3) is 6.08 Å². The second-order valence-corrected chi connectivity index (χ2v) is 9.41. The Morgan fingerprint density at radius 2 is 1.91 bits per heavy atom. The number of hydrogen-bond acceptors (Lipinski definition) is 7. The smallest absolute Gasteiger partial charge is 0.373 e. The number of furan rings is 1. The summed E-state index contributed by atoms with van der Waals surface area (Å²) in [5.41, 5.74) is 1.70. The van der Waals surface area contributed by atoms with Crippen molar-refractivity contribution >= 4 is 62.5 Å². The number of nitrogens with zero attached hydrogens (tertiary/aromatic N) is 1. The average Bonchev–Trinajstić information content (AvgIpc) is 3.39. The van der Waals surface area contributed by atoms with Crippen LogP contribution in [0.2, 0.25) is 5.02 Å². The number of carbonyl (C=O) groups is 3. The summed E-state index contributed by atoms with van der Waals surface area (Å²) in [6.45, 7) is 0.290. The van der Waals surface area contributed by atoms with Gasteiger partial charge in [0.1, 0.15) is 18.1 Å². The number of carbonyl (C=O) groups excluding carboxylic acids is 3. The topological polar surface area (TPSA) is 86.0 Å². The van der Waals surface area contributed by atoms with Gasteiger partial charge in [-0.25, -0.2) is 4.79 Å². The molecule has 174 valence electrons. The van der Waals surface area contributed by atoms with Crippen molar-refractivity contribution in [3.63, 3.8) is 0 Å². The molecule has 2 aromatic carbocycles. The SMILES string of the molecule is COC(=O)c1ccc(CN2C(=O)S/C(=C/c3ccc(OCc4ccc(Cl)cc4)c(Br)c3)C2=O)o1. The van der Waals surface area contributed by atoms with Gasteiger partial charge in [0.05, 0.1) is 23.0 Å². The summed E-state index contributed by atoms with van der Waals surface area (Å²) < 4.78 is 16.5. The Balaban J connectivity index is 1.43. The molecule has 0 aliphatic carbocycles. The predicted molar refractivity (Wildman–Crippen MR) is 131 cm³/mol. The van der Waals surface area contributed by atoms with Crippen molar-refractivity contribution in [3.8, 4) is 5.75 Å². The molecular weight excluding hydrogens is 546 g/mol. The van der Waals surface area contributed by atoms with Gasteiger partial charge in [0.15, 0.2) is 0 Å². The van der Waals surface area contributed by atoms with Gasteiger partial charge in [0.25, 0.3) is 11.1 Å². The Labute approximate surface area is 212 Å². The fourth-order valence-corrected chi connectivity index (χ4v) is 4.56. The summed E-state index contributed by atoms with van der Waals surface area (Å²) >= 11 is 10.2. The number of ether oxygens (including phenoxy) is 2. The van der Waals surface area contributed by atoms with Gasteiger partial charge in [-0.05, 0) is 81.3 Å². The third kappa shape index (κ3) is 5.55. The van der Waals surface area contributed by atoms with Crippen LogP contribution >= 0.6 is 39.3 Å². The van der Waals surface area contributed by atoms with Crippen LogP contribution in [0, 0.1) is 0 Å². The van der Waals surface area contributed by atoms with Gasteiger partial charge in [-0.2, -0.15) is 0 Å². The fourth-order valence-electron chi connectivity index (χ4n) is 3.08. The molecule has 10 heteroatoms. The van der Waals surface area contributed by atoms with Crippen molar-refractivity contribution < 1.29 is 28.3 Å². The molecule has 1 fully saturated rings. The van der Waals surface area contributed by atoms with Gasteiger partial charge in [-0.3, -0.25) is 14.5 Å². The predicted octanol–water partition coefficient (Wildman–Crippen LogP) is 6.30. The van der Waals surface area contributed by atoms with Crippen molar-refractivity contribution in [2.75, 3.05) is 7.11 Å². The Morgan fingerprint density at radius 1 is 1.15 bits per heavy atom. The zero-order valence-corrected chi connectivity index (χ0v) is 20.9. The molecule has 0 atom stereocenters. The lowest BCUT2D eigenvalue weighted by Crippen LogP contribution is -2.27. The Hall–Kier alpha value is -3.01. The maximum Gasteiger partial charge on any atom is 0.373 e. The number of esters is 1. The molecule has 1 aromatic heterocycles. The lowest BCUT2D eigenvalue weighted by atomic mass is 10.2. The molecule has 0 radical (unpaired) electrons. The van der Waals surface area contributed by atoms with Gasteiger partial charge < -0.3 is 13.9 Å². The minimum absolute atomic E-state index is 0.00300. The van der Waals surface area contributed by atoms with Gasteiger partial charge in [-0.15, -0.1) is 0 Å². The van der Waals surface area contributed by atoms with E-state index in [1.54, 1.807) is 36.4 Å². The highest BCUT2D eigenvalue weighted by Crippen LogP contribution is 2.35. The number of methoxy groups -OCH3 is 1. The number of amides is 2. The van der Waals surface area contributed by atoms with E-state index >= 15 is 0 Å². The second-order valence-electron chi connectivity index (χ2n) is 7.13. The molecule has 34 heavy (non-hydrogen) atoms. The zero-order chi connectivity index (χ0) is 24.2. The molecule has 0 spiro atoms. The quantitative estimate of drug-likeness (QED) is 0.247. The standard InChI is InChI=1S/C24H17BrClNO6S/c1-31-23(29)20-9-7-17(33-20)12-27-22(28)21(34-24(27)30)11-15-4-8-19(18(25)10-15)32-13-14-2-5-16(26)6-3-14/h2-11H,12-13H2,1H3/b21-11+. The van der Waals surface area contributed by atoms with E-state index in [4.69, 9.17) is 20.8 Å². The molecule has 3 aromatic rings. The highest BCUT2D eigenvalue weighted by molar-refractivity contribution is 9.10. The summed E-state index contributed by atoms with van der Waals surface area (Å²) in [6.07, 6.45) is 1.64. The Morgan fingerprint density at radius 3 is 2.62 bits per heavy atom. The van der Waals surface area contributed by atoms with Crippen molar-refractivity contribution in [2.24, 2.45) is 0 Å². The van der Waals surface area contributed by atoms with Gasteiger partial charge >= 0.3 is 5.97 Å². The van der Waals surface area contributed by atoms with E-state index in [-0.39, 0.29) is 17.2 Å². The largest absolute Gasteiger partial charge is 0.488 e. The molecule has 0 N–H and O–H groups in total. The van der Waals surface area contributed by atoms with Crippen molar-refractivity contribution in [1.82, 2.24) is 4.90 Å². The highest BCUT2D eigenvalue weighted by atomic mass is 79.9. The Kier molecular flexibility index (Phi) is 7.45. The van der Waals surface area contributed by atoms with E-state index in [9.17, 15) is 14.4 Å². The molecule has 0 saturated carbocycles. The molecule has 0 bridgehead atoms. The zero-order valence-electron chi connectivity index (χ0n) is 17.7. The van der Waals surface area contributed by atoms with E-state index in [1.807, 2.05) is 12.1 Å². The van der Waals surface area contributed by atoms with Crippen molar-refractivity contribution in [1.29, 1.82) is 0 Å². The minimum atomic E-state index is -0.633. The van der Waals surface area contributed by atoms with Crippen LogP contribution in [-0.2, 0) is 22.7 Å². The monoisotopic (exact) mass is 561 g/mol. The minimum Gasteiger partial charge on any atom is -0.488 e. The molecular formula is C24H17BrClNO6S. The Bertz CT molecular complexity index is 1290. The lowest BCUT2D eigenvalue weighted by Gasteiger charge is -2.10. The highest BCUT2D eigenvalue weighted by Gasteiger charge is 2.35. The molecule has 4 rings (SSSR count). The summed E-state index contributed by atoms with van der Waals surface area (Å²) in [5.74, 6) is -0.131. The first-order valence-electron chi connectivity index (χ1n) is 9.93. The third-order valence-corrected chi connectivity index (χ3v) is 6.58. The molecule has 7 nitrogen and oxygen atoms in total. The number of benzene rings is 2. The van der Waals surface area contributed by atoms with Crippen LogP contribution in [0.3, 0.4) is 0 Å². The summed E-state index contributed by atoms with van der Waals surface area (Å²) in [4.78, 5) is 38.1. The lowest BCUT2D eigenvalue weighted by molar-refractivity contribution is -0.123. The molecule has 1 aliphatic rings. The molecule has 2 heterocycles. The van der Waals surface area contributed by atoms with Crippen LogP contribution in [0.1, 0.15) is 27.4 Å². The van der Waals surface area contributed by atoms with E-state index in [0.717, 1.165) is 27.8 Å². The molecule has 2 amide bonds. The van der Waals surface area contributed by atoms with Gasteiger partial charge in [-0.1, -0.05) is 29.8 Å². The van der Waals surface area contributed by atoms with Crippen molar-refractivity contribution in [3.05, 3.63) is 91.6 Å². The normalized spacial score (nSPS) is 14.7. The summed E-state index contributed by atoms with van der Waals surface area (Å²) in [5, 5.41) is 0.239. The van der Waals surface area contributed by atoms with E-state index < -0.39 is 17.1 Å². The molecule has 1 aliphatic heterocycles. The van der Waals surface area contributed by atoms with Crippen LogP contribution in [0.5, 0.6) is 5.75 Å². The third-order valence-electron chi connectivity index (χ3n) is 4.80. The summed E-state index contributed by atoms with van der Waals surface area (Å²) in [7, 11) is 1.24. The number of thioether (sulfide) groups is 1. The summed E-state index contributed by atoms with van der Waals surface area (Å²) in [6, 6.07) is 15.7. The van der Waals surface area contributed by atoms with Gasteiger partial charge in [0, 0.05) is 5.02 Å². The van der Waals surface area contributed by atoms with E-state index in [1.165, 1.54) is 19.2 Å². The number of rotatable bonds is 7. The van der Waals surface area contributed by atoms with Crippen LogP contribution in [0.15, 0.2) is 68.4 Å². The fraction of sp³-hybridized carbons (Fsp3) is 0.125. The second kappa shape index (κ2) is 10.5. The molecule has 0 unspecified atom stereocenters. The number of hydrogen-bond donors (Lipinski definition) is 0. The maximum atomic E-state index is 12.8. The maximum absolute atomic E-state index is 12.8. The van der Waals surface area contributed by atoms with Crippen LogP contribution in [-0.4, -0.2) is 29.1 Å². The first-order chi connectivity index (χ1) is 16.3. The van der Waals surface area contributed by atoms with Crippen LogP contribution < -0.4 is 4.74 Å². The number of halogens is 2. The van der Waals surface area contributed by atoms with Crippen molar-refractivity contribution in [2.45, 2.75) is 13.2 Å². The number of imide groups is 1. The van der Waals surface area contributed by atoms with Gasteiger partial charge in [0.2, 0.25) is 5.76 Å². The molecule has 1 saturated heterocycles. The van der Waals surface area contributed by atoms with Crippen LogP contribution in [0.4, 0.5) is 4.79 Å². The van der Waals surface area contributed by atoms with E-state index in [0.29, 0.717) is 27.6 Å². The average molecular weight is 563 g/mol. The first kappa shape index (κ1) is 24.1.